The van der Waals surface area contributed by atoms with E-state index in [1.165, 1.54) is 12.4 Å². The summed E-state index contributed by atoms with van der Waals surface area (Å²) in [6.07, 6.45) is 7.65. The molecule has 0 bridgehead atoms. The molecule has 0 aliphatic rings. The molecule has 8 heteroatoms. The average Bonchev–Trinajstić information content (AvgIpc) is 3.16. The fourth-order valence-corrected chi connectivity index (χ4v) is 2.52. The first-order chi connectivity index (χ1) is 12.1. The van der Waals surface area contributed by atoms with Crippen LogP contribution in [0.1, 0.15) is 11.1 Å². The summed E-state index contributed by atoms with van der Waals surface area (Å²) in [6.45, 7) is 0.301. The minimum absolute atomic E-state index is 0.260. The number of pyridine rings is 1. The van der Waals surface area contributed by atoms with E-state index in [0.29, 0.717) is 28.0 Å². The number of nitrogens with one attached hydrogen (secondary N) is 1. The Hall–Kier alpha value is -2.70. The lowest BCUT2D eigenvalue weighted by Gasteiger charge is -2.08. The molecular formula is C17H13Cl2N5O. The standard InChI is InChI=1S/C17H13Cl2N5O/c18-14-5-1-3-12(16(14)19)6-7-15(25)22-9-13-4-2-8-21-17(13)24-11-20-10-23-24/h1-8,10-11H,9H2,(H,22,25)/b7-6+. The Labute approximate surface area is 154 Å². The van der Waals surface area contributed by atoms with Crippen LogP contribution in [0, 0.1) is 0 Å². The Morgan fingerprint density at radius 1 is 1.24 bits per heavy atom. The lowest BCUT2D eigenvalue weighted by atomic mass is 10.2. The first-order valence-electron chi connectivity index (χ1n) is 7.34. The molecule has 0 aliphatic heterocycles. The molecule has 0 unspecified atom stereocenters. The van der Waals surface area contributed by atoms with Crippen LogP contribution in [0.25, 0.3) is 11.9 Å². The molecule has 3 aromatic rings. The monoisotopic (exact) mass is 373 g/mol. The minimum Gasteiger partial charge on any atom is -0.348 e. The summed E-state index contributed by atoms with van der Waals surface area (Å²) in [6, 6.07) is 8.90. The van der Waals surface area contributed by atoms with Crippen LogP contribution in [0.4, 0.5) is 0 Å². The predicted molar refractivity (Wildman–Crippen MR) is 96.5 cm³/mol. The Bertz CT molecular complexity index is 909. The molecule has 0 atom stereocenters. The number of carbonyl (C=O) groups is 1. The Kier molecular flexibility index (Phi) is 5.42. The SMILES string of the molecule is O=C(/C=C/c1cccc(Cl)c1Cl)NCc1cccnc1-n1cncn1. The third kappa shape index (κ3) is 4.23. The number of rotatable bonds is 5. The molecule has 0 fully saturated rings. The van der Waals surface area contributed by atoms with Crippen LogP contribution in [-0.4, -0.2) is 25.7 Å². The number of aromatic nitrogens is 4. The van der Waals surface area contributed by atoms with Gasteiger partial charge in [0.05, 0.1) is 10.0 Å². The summed E-state index contributed by atoms with van der Waals surface area (Å²) in [5.74, 6) is 0.353. The molecule has 1 N–H and O–H groups in total. The van der Waals surface area contributed by atoms with Gasteiger partial charge in [-0.15, -0.1) is 0 Å². The van der Waals surface area contributed by atoms with Gasteiger partial charge in [-0.3, -0.25) is 4.79 Å². The van der Waals surface area contributed by atoms with Gasteiger partial charge in [0.2, 0.25) is 5.91 Å². The highest BCUT2D eigenvalue weighted by Crippen LogP contribution is 2.26. The van der Waals surface area contributed by atoms with Crippen LogP contribution in [0.3, 0.4) is 0 Å². The molecule has 2 heterocycles. The molecule has 1 amide bonds. The topological polar surface area (TPSA) is 72.7 Å². The molecule has 0 spiro atoms. The summed E-state index contributed by atoms with van der Waals surface area (Å²) in [7, 11) is 0. The molecule has 25 heavy (non-hydrogen) atoms. The largest absolute Gasteiger partial charge is 0.348 e. The van der Waals surface area contributed by atoms with E-state index in [4.69, 9.17) is 23.2 Å². The third-order valence-electron chi connectivity index (χ3n) is 3.35. The fraction of sp³-hybridized carbons (Fsp3) is 0.0588. The van der Waals surface area contributed by atoms with Crippen molar-refractivity contribution >= 4 is 35.2 Å². The number of nitrogens with zero attached hydrogens (tertiary/aromatic N) is 4. The molecule has 126 valence electrons. The van der Waals surface area contributed by atoms with Crippen molar-refractivity contribution in [3.63, 3.8) is 0 Å². The second kappa shape index (κ2) is 7.92. The van der Waals surface area contributed by atoms with Crippen LogP contribution in [0.2, 0.25) is 10.0 Å². The first-order valence-corrected chi connectivity index (χ1v) is 8.09. The van der Waals surface area contributed by atoms with Crippen molar-refractivity contribution in [2.24, 2.45) is 0 Å². The highest BCUT2D eigenvalue weighted by molar-refractivity contribution is 6.42. The number of hydrogen-bond acceptors (Lipinski definition) is 4. The van der Waals surface area contributed by atoms with E-state index >= 15 is 0 Å². The lowest BCUT2D eigenvalue weighted by Crippen LogP contribution is -2.21. The maximum Gasteiger partial charge on any atom is 0.244 e. The van der Waals surface area contributed by atoms with Gasteiger partial charge in [0.25, 0.3) is 0 Å². The van der Waals surface area contributed by atoms with Crippen molar-refractivity contribution in [2.45, 2.75) is 6.54 Å². The quantitative estimate of drug-likeness (QED) is 0.696. The summed E-state index contributed by atoms with van der Waals surface area (Å²) in [5.41, 5.74) is 1.49. The maximum atomic E-state index is 12.1. The summed E-state index contributed by atoms with van der Waals surface area (Å²) in [5, 5.41) is 7.71. The third-order valence-corrected chi connectivity index (χ3v) is 4.19. The fourth-order valence-electron chi connectivity index (χ4n) is 2.15. The Balaban J connectivity index is 1.67. The highest BCUT2D eigenvalue weighted by atomic mass is 35.5. The van der Waals surface area contributed by atoms with E-state index in [1.54, 1.807) is 47.5 Å². The van der Waals surface area contributed by atoms with E-state index in [-0.39, 0.29) is 5.91 Å². The van der Waals surface area contributed by atoms with E-state index in [9.17, 15) is 4.79 Å². The van der Waals surface area contributed by atoms with Gasteiger partial charge in [0.15, 0.2) is 5.82 Å². The number of benzene rings is 1. The van der Waals surface area contributed by atoms with Gasteiger partial charge in [0.1, 0.15) is 12.7 Å². The summed E-state index contributed by atoms with van der Waals surface area (Å²) >= 11 is 12.0. The van der Waals surface area contributed by atoms with E-state index in [2.05, 4.69) is 20.4 Å². The molecule has 2 aromatic heterocycles. The zero-order valence-electron chi connectivity index (χ0n) is 12.9. The molecule has 1 aromatic carbocycles. The van der Waals surface area contributed by atoms with E-state index in [0.717, 1.165) is 5.56 Å². The molecule has 0 aliphatic carbocycles. The van der Waals surface area contributed by atoms with Crippen molar-refractivity contribution in [2.75, 3.05) is 0 Å². The Morgan fingerprint density at radius 2 is 2.12 bits per heavy atom. The van der Waals surface area contributed by atoms with Gasteiger partial charge < -0.3 is 5.32 Å². The predicted octanol–water partition coefficient (Wildman–Crippen LogP) is 3.30. The molecule has 0 radical (unpaired) electrons. The van der Waals surface area contributed by atoms with Crippen LogP contribution in [0.5, 0.6) is 0 Å². The highest BCUT2D eigenvalue weighted by Gasteiger charge is 2.07. The average molecular weight is 374 g/mol. The lowest BCUT2D eigenvalue weighted by molar-refractivity contribution is -0.116. The van der Waals surface area contributed by atoms with E-state index < -0.39 is 0 Å². The van der Waals surface area contributed by atoms with Crippen molar-refractivity contribution in [1.82, 2.24) is 25.1 Å². The maximum absolute atomic E-state index is 12.1. The summed E-state index contributed by atoms with van der Waals surface area (Å²) < 4.78 is 1.54. The second-order valence-corrected chi connectivity index (χ2v) is 5.81. The van der Waals surface area contributed by atoms with Crippen molar-refractivity contribution in [3.05, 3.63) is 76.4 Å². The zero-order valence-corrected chi connectivity index (χ0v) is 14.4. The van der Waals surface area contributed by atoms with Crippen molar-refractivity contribution in [1.29, 1.82) is 0 Å². The van der Waals surface area contributed by atoms with Crippen LogP contribution >= 0.6 is 23.2 Å². The van der Waals surface area contributed by atoms with Gasteiger partial charge in [-0.1, -0.05) is 41.4 Å². The van der Waals surface area contributed by atoms with Gasteiger partial charge >= 0.3 is 0 Å². The first kappa shape index (κ1) is 17.1. The zero-order chi connectivity index (χ0) is 17.6. The Morgan fingerprint density at radius 3 is 2.92 bits per heavy atom. The molecular weight excluding hydrogens is 361 g/mol. The molecule has 3 rings (SSSR count). The normalized spacial score (nSPS) is 11.0. The van der Waals surface area contributed by atoms with Gasteiger partial charge in [-0.05, 0) is 23.8 Å². The minimum atomic E-state index is -0.260. The van der Waals surface area contributed by atoms with Gasteiger partial charge in [-0.25, -0.2) is 14.6 Å². The van der Waals surface area contributed by atoms with Crippen LogP contribution in [-0.2, 0) is 11.3 Å². The summed E-state index contributed by atoms with van der Waals surface area (Å²) in [4.78, 5) is 20.2. The van der Waals surface area contributed by atoms with Gasteiger partial charge in [0, 0.05) is 24.4 Å². The second-order valence-electron chi connectivity index (χ2n) is 5.02. The van der Waals surface area contributed by atoms with Crippen molar-refractivity contribution in [3.8, 4) is 5.82 Å². The smallest absolute Gasteiger partial charge is 0.244 e. The van der Waals surface area contributed by atoms with Crippen LogP contribution in [0.15, 0.2) is 55.3 Å². The number of halogens is 2. The molecule has 0 saturated carbocycles. The van der Waals surface area contributed by atoms with Gasteiger partial charge in [-0.2, -0.15) is 5.10 Å². The number of hydrogen-bond donors (Lipinski definition) is 1. The number of amides is 1. The molecule has 6 nitrogen and oxygen atoms in total. The van der Waals surface area contributed by atoms with Crippen molar-refractivity contribution < 1.29 is 4.79 Å². The number of carbonyl (C=O) groups excluding carboxylic acids is 1. The van der Waals surface area contributed by atoms with Crippen LogP contribution < -0.4 is 5.32 Å². The van der Waals surface area contributed by atoms with E-state index in [1.807, 2.05) is 6.07 Å². The molecule has 0 saturated heterocycles.